The van der Waals surface area contributed by atoms with E-state index < -0.39 is 5.92 Å². The molecule has 0 fully saturated rings. The van der Waals surface area contributed by atoms with E-state index >= 15 is 0 Å². The van der Waals surface area contributed by atoms with Crippen molar-refractivity contribution in [2.45, 2.75) is 19.8 Å². The number of aromatic nitrogens is 2. The Labute approximate surface area is 221 Å². The number of esters is 1. The number of hydrazine groups is 1. The molecule has 4 aromatic rings. The molecule has 0 atom stereocenters. The average Bonchev–Trinajstić information content (AvgIpc) is 2.94. The van der Waals surface area contributed by atoms with E-state index in [-0.39, 0.29) is 29.3 Å². The Morgan fingerprint density at radius 3 is 2.00 bits per heavy atom. The largest absolute Gasteiger partial charge is 0.462 e. The summed E-state index contributed by atoms with van der Waals surface area (Å²) >= 11 is 0. The van der Waals surface area contributed by atoms with Crippen LogP contribution in [0.15, 0.2) is 91.3 Å². The maximum absolute atomic E-state index is 13.3. The summed E-state index contributed by atoms with van der Waals surface area (Å²) in [5.74, 6) is -0.334. The Morgan fingerprint density at radius 1 is 0.842 bits per heavy atom. The molecule has 1 amide bonds. The van der Waals surface area contributed by atoms with Crippen LogP contribution in [-0.4, -0.2) is 28.5 Å². The summed E-state index contributed by atoms with van der Waals surface area (Å²) < 4.78 is 5.26. The number of carbonyl (C=O) groups is 2. The molecule has 194 valence electrons. The number of anilines is 4. The van der Waals surface area contributed by atoms with E-state index in [0.29, 0.717) is 23.7 Å². The monoisotopic (exact) mass is 510 g/mol. The van der Waals surface area contributed by atoms with Crippen LogP contribution in [0.1, 0.15) is 41.3 Å². The number of nitrogen functional groups attached to an aromatic ring is 1. The number of rotatable bonds is 10. The van der Waals surface area contributed by atoms with Crippen molar-refractivity contribution in [2.24, 2.45) is 5.92 Å². The van der Waals surface area contributed by atoms with E-state index in [1.165, 1.54) is 6.33 Å². The smallest absolute Gasteiger partial charge is 0.338 e. The minimum absolute atomic E-state index is 0.212. The van der Waals surface area contributed by atoms with Crippen LogP contribution < -0.4 is 21.9 Å². The van der Waals surface area contributed by atoms with Crippen molar-refractivity contribution in [3.63, 3.8) is 0 Å². The zero-order valence-electron chi connectivity index (χ0n) is 21.2. The highest BCUT2D eigenvalue weighted by Crippen LogP contribution is 2.27. The van der Waals surface area contributed by atoms with E-state index in [2.05, 4.69) is 26.1 Å². The first kappa shape index (κ1) is 26.2. The summed E-state index contributed by atoms with van der Waals surface area (Å²) in [6.45, 7) is 4.32. The minimum Gasteiger partial charge on any atom is -0.462 e. The van der Waals surface area contributed by atoms with Gasteiger partial charge in [-0.1, -0.05) is 74.5 Å². The molecule has 3 aromatic carbocycles. The quantitative estimate of drug-likeness (QED) is 0.175. The molecule has 0 aliphatic carbocycles. The van der Waals surface area contributed by atoms with Crippen LogP contribution in [0.5, 0.6) is 0 Å². The first-order valence-electron chi connectivity index (χ1n) is 12.2. The predicted octanol–water partition coefficient (Wildman–Crippen LogP) is 4.89. The van der Waals surface area contributed by atoms with Gasteiger partial charge in [-0.15, -0.1) is 0 Å². The lowest BCUT2D eigenvalue weighted by Crippen LogP contribution is -2.35. The lowest BCUT2D eigenvalue weighted by atomic mass is 9.91. The first-order chi connectivity index (χ1) is 18.4. The molecule has 0 radical (unpaired) electrons. The Balaban J connectivity index is 1.44. The van der Waals surface area contributed by atoms with Crippen molar-refractivity contribution in [1.29, 1.82) is 0 Å². The van der Waals surface area contributed by atoms with Crippen LogP contribution in [0.3, 0.4) is 0 Å². The van der Waals surface area contributed by atoms with E-state index in [1.807, 2.05) is 74.5 Å². The van der Waals surface area contributed by atoms with Crippen LogP contribution in [-0.2, 0) is 9.53 Å². The van der Waals surface area contributed by atoms with Crippen molar-refractivity contribution in [2.75, 3.05) is 23.1 Å². The van der Waals surface area contributed by atoms with E-state index in [1.54, 1.807) is 24.3 Å². The van der Waals surface area contributed by atoms with Crippen molar-refractivity contribution in [3.8, 4) is 0 Å². The second-order valence-corrected chi connectivity index (χ2v) is 9.05. The summed E-state index contributed by atoms with van der Waals surface area (Å²) in [5.41, 5.74) is 14.9. The molecule has 0 unspecified atom stereocenters. The Bertz CT molecular complexity index is 1320. The molecular weight excluding hydrogens is 480 g/mol. The number of nitrogens with zero attached hydrogens (tertiary/aromatic N) is 2. The van der Waals surface area contributed by atoms with Gasteiger partial charge in [0, 0.05) is 5.69 Å². The van der Waals surface area contributed by atoms with Gasteiger partial charge in [0.15, 0.2) is 11.6 Å². The minimum atomic E-state index is -0.531. The number of hydrogen-bond donors (Lipinski definition) is 4. The molecule has 0 spiro atoms. The summed E-state index contributed by atoms with van der Waals surface area (Å²) in [6.07, 6.45) is 1.33. The topological polar surface area (TPSA) is 131 Å². The highest BCUT2D eigenvalue weighted by atomic mass is 16.5. The first-order valence-corrected chi connectivity index (χ1v) is 12.2. The molecule has 0 saturated carbocycles. The number of nitrogens with one attached hydrogen (secondary N) is 3. The summed E-state index contributed by atoms with van der Waals surface area (Å²) in [7, 11) is 0. The summed E-state index contributed by atoms with van der Waals surface area (Å²) in [4.78, 5) is 33.8. The Kier molecular flexibility index (Phi) is 8.50. The van der Waals surface area contributed by atoms with Crippen molar-refractivity contribution in [1.82, 2.24) is 15.4 Å². The molecule has 9 nitrogen and oxygen atoms in total. The van der Waals surface area contributed by atoms with Gasteiger partial charge in [0.25, 0.3) is 0 Å². The molecule has 9 heteroatoms. The fourth-order valence-electron chi connectivity index (χ4n) is 3.73. The van der Waals surface area contributed by atoms with Crippen LogP contribution in [0, 0.1) is 5.92 Å². The van der Waals surface area contributed by atoms with Crippen LogP contribution in [0.2, 0.25) is 0 Å². The highest BCUT2D eigenvalue weighted by molar-refractivity contribution is 5.90. The molecule has 4 rings (SSSR count). The number of hydrogen-bond acceptors (Lipinski definition) is 8. The van der Waals surface area contributed by atoms with E-state index in [0.717, 1.165) is 11.1 Å². The molecule has 0 saturated heterocycles. The van der Waals surface area contributed by atoms with Crippen LogP contribution >= 0.6 is 0 Å². The standard InChI is InChI=1S/C29H30N6O3/c1-19(2)17-38-29(37)22-13-15-23(16-14-22)33-26-25(30)27(32-18-31-26)34-35-28(36)24(20-9-5-3-6-10-20)21-11-7-4-8-12-21/h3-16,18-19,24H,17,30H2,1-2H3,(H,35,36)(H2,31,32,33,34). The van der Waals surface area contributed by atoms with Gasteiger partial charge >= 0.3 is 5.97 Å². The van der Waals surface area contributed by atoms with Gasteiger partial charge in [-0.05, 0) is 41.3 Å². The van der Waals surface area contributed by atoms with Gasteiger partial charge in [0.1, 0.15) is 12.0 Å². The maximum Gasteiger partial charge on any atom is 0.338 e. The van der Waals surface area contributed by atoms with Gasteiger partial charge in [0.05, 0.1) is 18.1 Å². The molecule has 1 aromatic heterocycles. The molecule has 38 heavy (non-hydrogen) atoms. The highest BCUT2D eigenvalue weighted by Gasteiger charge is 2.23. The second kappa shape index (κ2) is 12.4. The zero-order valence-corrected chi connectivity index (χ0v) is 21.2. The molecule has 1 heterocycles. The predicted molar refractivity (Wildman–Crippen MR) is 148 cm³/mol. The number of carbonyl (C=O) groups excluding carboxylic acids is 2. The zero-order chi connectivity index (χ0) is 26.9. The van der Waals surface area contributed by atoms with Crippen molar-refractivity contribution in [3.05, 3.63) is 108 Å². The SMILES string of the molecule is CC(C)COC(=O)c1ccc(Nc2ncnc(NNC(=O)C(c3ccccc3)c3ccccc3)c2N)cc1. The molecule has 0 aliphatic heterocycles. The maximum atomic E-state index is 13.3. The molecule has 5 N–H and O–H groups in total. The van der Waals surface area contributed by atoms with Crippen molar-refractivity contribution < 1.29 is 14.3 Å². The third-order valence-electron chi connectivity index (χ3n) is 5.65. The molecular formula is C29H30N6O3. The summed E-state index contributed by atoms with van der Waals surface area (Å²) in [5, 5.41) is 3.11. The lowest BCUT2D eigenvalue weighted by Gasteiger charge is -2.19. The Morgan fingerprint density at radius 2 is 1.42 bits per heavy atom. The molecule has 0 aliphatic rings. The third-order valence-corrected chi connectivity index (χ3v) is 5.65. The van der Waals surface area contributed by atoms with Gasteiger partial charge in [0.2, 0.25) is 5.91 Å². The van der Waals surface area contributed by atoms with Gasteiger partial charge in [-0.2, -0.15) is 0 Å². The lowest BCUT2D eigenvalue weighted by molar-refractivity contribution is -0.121. The number of benzene rings is 3. The third kappa shape index (κ3) is 6.64. The van der Waals surface area contributed by atoms with Gasteiger partial charge in [-0.25, -0.2) is 14.8 Å². The normalized spacial score (nSPS) is 10.7. The second-order valence-electron chi connectivity index (χ2n) is 9.05. The molecule has 0 bridgehead atoms. The van der Waals surface area contributed by atoms with Crippen molar-refractivity contribution >= 4 is 34.9 Å². The fraction of sp³-hybridized carbons (Fsp3) is 0.172. The number of ether oxygens (including phenoxy) is 1. The van der Waals surface area contributed by atoms with E-state index in [4.69, 9.17) is 10.5 Å². The average molecular weight is 511 g/mol. The summed E-state index contributed by atoms with van der Waals surface area (Å²) in [6, 6.07) is 25.8. The van der Waals surface area contributed by atoms with Crippen LogP contribution in [0.25, 0.3) is 0 Å². The number of amides is 1. The van der Waals surface area contributed by atoms with Gasteiger partial charge in [-0.3, -0.25) is 15.6 Å². The Hall–Kier alpha value is -4.92. The fourth-order valence-corrected chi connectivity index (χ4v) is 3.73. The van der Waals surface area contributed by atoms with Crippen LogP contribution in [0.4, 0.5) is 23.0 Å². The van der Waals surface area contributed by atoms with Gasteiger partial charge < -0.3 is 15.8 Å². The van der Waals surface area contributed by atoms with E-state index in [9.17, 15) is 9.59 Å². The number of nitrogens with two attached hydrogens (primary N) is 1.